The number of methoxy groups -OCH3 is 1. The SMILES string of the molecule is COC(=O)COc1nc(-c2ncccc2F)n(O)n1. The highest BCUT2D eigenvalue weighted by molar-refractivity contribution is 5.70. The molecule has 2 rings (SSSR count). The van der Waals surface area contributed by atoms with Gasteiger partial charge in [0, 0.05) is 6.20 Å². The molecule has 2 heterocycles. The predicted molar refractivity (Wildman–Crippen MR) is 57.9 cm³/mol. The Labute approximate surface area is 106 Å². The Morgan fingerprint density at radius 1 is 1.58 bits per heavy atom. The zero-order chi connectivity index (χ0) is 13.8. The summed E-state index contributed by atoms with van der Waals surface area (Å²) < 4.78 is 22.7. The topological polar surface area (TPSA) is 99.4 Å². The number of pyridine rings is 1. The quantitative estimate of drug-likeness (QED) is 0.627. The summed E-state index contributed by atoms with van der Waals surface area (Å²) in [5.41, 5.74) is -0.189. The van der Waals surface area contributed by atoms with Gasteiger partial charge in [-0.1, -0.05) is 9.94 Å². The molecule has 0 bridgehead atoms. The van der Waals surface area contributed by atoms with Gasteiger partial charge in [-0.3, -0.25) is 0 Å². The first kappa shape index (κ1) is 12.7. The normalized spacial score (nSPS) is 10.2. The number of ether oxygens (including phenoxy) is 2. The van der Waals surface area contributed by atoms with Crippen LogP contribution in [0.4, 0.5) is 4.39 Å². The summed E-state index contributed by atoms with van der Waals surface area (Å²) in [6.45, 7) is -0.426. The number of rotatable bonds is 4. The molecule has 1 N–H and O–H groups in total. The molecule has 0 radical (unpaired) electrons. The van der Waals surface area contributed by atoms with Crippen LogP contribution in [0.2, 0.25) is 0 Å². The Balaban J connectivity index is 2.22. The molecule has 0 aliphatic carbocycles. The first-order valence-corrected chi connectivity index (χ1v) is 5.08. The standard InChI is InChI=1S/C10H9FN4O4/c1-18-7(16)5-19-10-13-9(15(17)14-10)8-6(11)3-2-4-12-8/h2-4,17H,5H2,1H3. The number of esters is 1. The van der Waals surface area contributed by atoms with E-state index in [0.29, 0.717) is 4.85 Å². The van der Waals surface area contributed by atoms with E-state index in [1.165, 1.54) is 19.4 Å². The first-order valence-electron chi connectivity index (χ1n) is 5.08. The van der Waals surface area contributed by atoms with E-state index in [9.17, 15) is 14.4 Å². The number of hydrogen-bond acceptors (Lipinski definition) is 7. The minimum Gasteiger partial charge on any atom is -0.466 e. The second kappa shape index (κ2) is 5.29. The second-order valence-corrected chi connectivity index (χ2v) is 3.31. The third kappa shape index (κ3) is 2.76. The van der Waals surface area contributed by atoms with Crippen LogP contribution in [0.5, 0.6) is 6.01 Å². The van der Waals surface area contributed by atoms with Crippen LogP contribution < -0.4 is 4.74 Å². The molecule has 100 valence electrons. The van der Waals surface area contributed by atoms with Crippen LogP contribution in [0.1, 0.15) is 0 Å². The maximum atomic E-state index is 13.5. The number of aromatic nitrogens is 4. The van der Waals surface area contributed by atoms with Crippen molar-refractivity contribution in [2.45, 2.75) is 0 Å². The minimum atomic E-state index is -0.676. The molecule has 0 amide bonds. The van der Waals surface area contributed by atoms with Gasteiger partial charge in [0.15, 0.2) is 12.4 Å². The molecule has 0 unspecified atom stereocenters. The Morgan fingerprint density at radius 2 is 2.37 bits per heavy atom. The van der Waals surface area contributed by atoms with Crippen LogP contribution in [-0.2, 0) is 9.53 Å². The van der Waals surface area contributed by atoms with Gasteiger partial charge in [-0.15, -0.1) is 0 Å². The van der Waals surface area contributed by atoms with Crippen molar-refractivity contribution in [2.75, 3.05) is 13.7 Å². The van der Waals surface area contributed by atoms with E-state index in [-0.39, 0.29) is 17.5 Å². The molecule has 2 aromatic rings. The molecule has 2 aromatic heterocycles. The van der Waals surface area contributed by atoms with Crippen molar-refractivity contribution in [3.05, 3.63) is 24.1 Å². The van der Waals surface area contributed by atoms with E-state index in [0.717, 1.165) is 6.07 Å². The minimum absolute atomic E-state index is 0.189. The van der Waals surface area contributed by atoms with Gasteiger partial charge in [-0.05, 0) is 12.1 Å². The Morgan fingerprint density at radius 3 is 3.05 bits per heavy atom. The van der Waals surface area contributed by atoms with Gasteiger partial charge >= 0.3 is 12.0 Å². The van der Waals surface area contributed by atoms with E-state index in [1.807, 2.05) is 0 Å². The molecule has 9 heteroatoms. The molecule has 0 saturated carbocycles. The highest BCUT2D eigenvalue weighted by Crippen LogP contribution is 2.19. The molecular formula is C10H9FN4O4. The number of carbonyl (C=O) groups is 1. The van der Waals surface area contributed by atoms with Gasteiger partial charge in [0.2, 0.25) is 5.82 Å². The highest BCUT2D eigenvalue weighted by atomic mass is 19.1. The van der Waals surface area contributed by atoms with Gasteiger partial charge in [0.1, 0.15) is 5.69 Å². The van der Waals surface area contributed by atoms with Gasteiger partial charge in [0.25, 0.3) is 0 Å². The fourth-order valence-electron chi connectivity index (χ4n) is 1.23. The summed E-state index contributed by atoms with van der Waals surface area (Å²) >= 11 is 0. The molecular weight excluding hydrogens is 259 g/mol. The molecule has 0 aliphatic heterocycles. The Kier molecular flexibility index (Phi) is 3.55. The fraction of sp³-hybridized carbons (Fsp3) is 0.200. The average Bonchev–Trinajstić information content (AvgIpc) is 2.77. The second-order valence-electron chi connectivity index (χ2n) is 3.31. The van der Waals surface area contributed by atoms with Crippen LogP contribution in [0, 0.1) is 5.82 Å². The summed E-state index contributed by atoms with van der Waals surface area (Å²) in [6.07, 6.45) is 1.34. The number of hydrogen-bond donors (Lipinski definition) is 1. The van der Waals surface area contributed by atoms with Crippen molar-refractivity contribution in [3.63, 3.8) is 0 Å². The van der Waals surface area contributed by atoms with Gasteiger partial charge < -0.3 is 14.7 Å². The van der Waals surface area contributed by atoms with E-state index >= 15 is 0 Å². The summed E-state index contributed by atoms with van der Waals surface area (Å²) in [4.78, 5) is 18.6. The third-order valence-corrected chi connectivity index (χ3v) is 2.09. The Bertz CT molecular complexity index is 601. The lowest BCUT2D eigenvalue weighted by molar-refractivity contribution is -0.143. The molecule has 0 aliphatic rings. The lowest BCUT2D eigenvalue weighted by atomic mass is 10.3. The van der Waals surface area contributed by atoms with E-state index < -0.39 is 18.4 Å². The monoisotopic (exact) mass is 268 g/mol. The lowest BCUT2D eigenvalue weighted by Gasteiger charge is -1.98. The molecule has 0 aromatic carbocycles. The summed E-state index contributed by atoms with van der Waals surface area (Å²) in [5, 5.41) is 12.9. The van der Waals surface area contributed by atoms with Crippen LogP contribution in [0.3, 0.4) is 0 Å². The largest absolute Gasteiger partial charge is 0.466 e. The van der Waals surface area contributed by atoms with Crippen LogP contribution in [0.15, 0.2) is 18.3 Å². The van der Waals surface area contributed by atoms with Gasteiger partial charge in [0.05, 0.1) is 7.11 Å². The molecule has 0 atom stereocenters. The van der Waals surface area contributed by atoms with Crippen LogP contribution in [-0.4, -0.2) is 44.8 Å². The number of carbonyl (C=O) groups excluding carboxylic acids is 1. The van der Waals surface area contributed by atoms with Crippen molar-refractivity contribution < 1.29 is 23.9 Å². The van der Waals surface area contributed by atoms with Crippen molar-refractivity contribution >= 4 is 5.97 Å². The lowest BCUT2D eigenvalue weighted by Crippen LogP contribution is -2.13. The summed E-state index contributed by atoms with van der Waals surface area (Å²) in [6, 6.07) is 2.25. The number of halogens is 1. The summed E-state index contributed by atoms with van der Waals surface area (Å²) in [5.74, 6) is -1.55. The van der Waals surface area contributed by atoms with Crippen molar-refractivity contribution in [1.29, 1.82) is 0 Å². The molecule has 0 spiro atoms. The van der Waals surface area contributed by atoms with Crippen molar-refractivity contribution in [3.8, 4) is 17.5 Å². The zero-order valence-corrected chi connectivity index (χ0v) is 9.78. The molecule has 0 saturated heterocycles. The third-order valence-electron chi connectivity index (χ3n) is 2.09. The van der Waals surface area contributed by atoms with Crippen molar-refractivity contribution in [1.82, 2.24) is 19.9 Å². The van der Waals surface area contributed by atoms with Gasteiger partial charge in [-0.2, -0.15) is 4.98 Å². The summed E-state index contributed by atoms with van der Waals surface area (Å²) in [7, 11) is 1.19. The molecule has 19 heavy (non-hydrogen) atoms. The van der Waals surface area contributed by atoms with E-state index in [1.54, 1.807) is 0 Å². The highest BCUT2D eigenvalue weighted by Gasteiger charge is 2.17. The predicted octanol–water partition coefficient (Wildman–Crippen LogP) is 0.268. The first-order chi connectivity index (χ1) is 9.11. The zero-order valence-electron chi connectivity index (χ0n) is 9.78. The van der Waals surface area contributed by atoms with Crippen LogP contribution >= 0.6 is 0 Å². The maximum absolute atomic E-state index is 13.5. The average molecular weight is 268 g/mol. The van der Waals surface area contributed by atoms with E-state index in [2.05, 4.69) is 19.8 Å². The van der Waals surface area contributed by atoms with Gasteiger partial charge in [-0.25, -0.2) is 14.2 Å². The number of nitrogens with zero attached hydrogens (tertiary/aromatic N) is 4. The molecule has 0 fully saturated rings. The van der Waals surface area contributed by atoms with E-state index in [4.69, 9.17) is 4.74 Å². The maximum Gasteiger partial charge on any atom is 0.344 e. The molecule has 8 nitrogen and oxygen atoms in total. The van der Waals surface area contributed by atoms with Crippen molar-refractivity contribution in [2.24, 2.45) is 0 Å². The van der Waals surface area contributed by atoms with Crippen LogP contribution in [0.25, 0.3) is 11.5 Å². The Hall–Kier alpha value is -2.71. The smallest absolute Gasteiger partial charge is 0.344 e. The fourth-order valence-corrected chi connectivity index (χ4v) is 1.23.